The van der Waals surface area contributed by atoms with Gasteiger partial charge in [0.2, 0.25) is 5.91 Å². The molecule has 1 heterocycles. The normalized spacial score (nSPS) is 18.7. The van der Waals surface area contributed by atoms with E-state index >= 15 is 0 Å². The molecule has 1 unspecified atom stereocenters. The highest BCUT2D eigenvalue weighted by Gasteiger charge is 2.34. The lowest BCUT2D eigenvalue weighted by Crippen LogP contribution is -2.27. The van der Waals surface area contributed by atoms with Crippen molar-refractivity contribution in [3.63, 3.8) is 0 Å². The first kappa shape index (κ1) is 13.0. The van der Waals surface area contributed by atoms with E-state index in [1.807, 2.05) is 0 Å². The standard InChI is InChI=1S/C11H10N2O6/c14-6-4-9(15)12(5-6)7-2-1-3-8(13(18)19)10(7)11(16)17/h1-3,6,14H,4-5H2,(H,16,17). The van der Waals surface area contributed by atoms with Gasteiger partial charge in [0.15, 0.2) is 5.56 Å². The van der Waals surface area contributed by atoms with Crippen LogP contribution in [0.5, 0.6) is 0 Å². The summed E-state index contributed by atoms with van der Waals surface area (Å²) in [6.07, 6.45) is -1.02. The first-order valence-corrected chi connectivity index (χ1v) is 5.41. The SMILES string of the molecule is O=C(O)c1c(N2CC(O)CC2=O)cccc1[N+](=O)[O-]. The van der Waals surface area contributed by atoms with E-state index in [0.717, 1.165) is 11.0 Å². The van der Waals surface area contributed by atoms with Crippen molar-refractivity contribution in [2.45, 2.75) is 12.5 Å². The molecule has 1 amide bonds. The van der Waals surface area contributed by atoms with E-state index in [-0.39, 0.29) is 18.7 Å². The highest BCUT2D eigenvalue weighted by molar-refractivity contribution is 6.05. The fraction of sp³-hybridized carbons (Fsp3) is 0.273. The summed E-state index contributed by atoms with van der Waals surface area (Å²) in [5, 5.41) is 29.3. The number of anilines is 1. The van der Waals surface area contributed by atoms with Gasteiger partial charge in [-0.05, 0) is 6.07 Å². The molecule has 0 bridgehead atoms. The smallest absolute Gasteiger partial charge is 0.344 e. The van der Waals surface area contributed by atoms with Crippen LogP contribution < -0.4 is 4.90 Å². The predicted molar refractivity (Wildman–Crippen MR) is 63.0 cm³/mol. The molecule has 0 saturated carbocycles. The lowest BCUT2D eigenvalue weighted by Gasteiger charge is -2.17. The number of carboxylic acid groups (broad SMARTS) is 1. The lowest BCUT2D eigenvalue weighted by atomic mass is 10.1. The Morgan fingerprint density at radius 3 is 2.63 bits per heavy atom. The molecule has 1 saturated heterocycles. The van der Waals surface area contributed by atoms with E-state index in [9.17, 15) is 24.8 Å². The molecule has 0 aliphatic carbocycles. The van der Waals surface area contributed by atoms with Crippen molar-refractivity contribution in [1.29, 1.82) is 0 Å². The van der Waals surface area contributed by atoms with Crippen molar-refractivity contribution < 1.29 is 24.7 Å². The number of nitro benzene ring substituents is 1. The summed E-state index contributed by atoms with van der Waals surface area (Å²) in [7, 11) is 0. The fourth-order valence-electron chi connectivity index (χ4n) is 2.05. The topological polar surface area (TPSA) is 121 Å². The minimum atomic E-state index is -1.49. The number of rotatable bonds is 3. The Labute approximate surface area is 107 Å². The van der Waals surface area contributed by atoms with Crippen molar-refractivity contribution in [3.8, 4) is 0 Å². The van der Waals surface area contributed by atoms with Gasteiger partial charge in [0.1, 0.15) is 0 Å². The summed E-state index contributed by atoms with van der Waals surface area (Å²) in [5.74, 6) is -1.95. The molecule has 1 aromatic rings. The van der Waals surface area contributed by atoms with Crippen LogP contribution in [0.1, 0.15) is 16.8 Å². The Balaban J connectivity index is 2.57. The van der Waals surface area contributed by atoms with Crippen molar-refractivity contribution in [2.24, 2.45) is 0 Å². The molecule has 0 radical (unpaired) electrons. The van der Waals surface area contributed by atoms with Gasteiger partial charge in [-0.3, -0.25) is 14.9 Å². The molecule has 100 valence electrons. The number of carbonyl (C=O) groups is 2. The summed E-state index contributed by atoms with van der Waals surface area (Å²) in [6, 6.07) is 3.67. The molecule has 1 fully saturated rings. The average molecular weight is 266 g/mol. The van der Waals surface area contributed by atoms with Gasteiger partial charge in [0, 0.05) is 6.07 Å². The first-order chi connectivity index (χ1) is 8.91. The van der Waals surface area contributed by atoms with Crippen LogP contribution in [0.15, 0.2) is 18.2 Å². The molecule has 1 aromatic carbocycles. The second-order valence-electron chi connectivity index (χ2n) is 4.10. The van der Waals surface area contributed by atoms with Crippen LogP contribution in [-0.2, 0) is 4.79 Å². The third kappa shape index (κ3) is 2.25. The van der Waals surface area contributed by atoms with Gasteiger partial charge in [0.25, 0.3) is 5.69 Å². The minimum absolute atomic E-state index is 0.0664. The maximum atomic E-state index is 11.6. The van der Waals surface area contributed by atoms with Crippen LogP contribution in [0.25, 0.3) is 0 Å². The van der Waals surface area contributed by atoms with E-state index in [2.05, 4.69) is 0 Å². The monoisotopic (exact) mass is 266 g/mol. The largest absolute Gasteiger partial charge is 0.477 e. The molecular weight excluding hydrogens is 256 g/mol. The highest BCUT2D eigenvalue weighted by atomic mass is 16.6. The fourth-order valence-corrected chi connectivity index (χ4v) is 2.05. The summed E-state index contributed by atoms with van der Waals surface area (Å²) in [4.78, 5) is 33.9. The van der Waals surface area contributed by atoms with Crippen LogP contribution in [0.4, 0.5) is 11.4 Å². The van der Waals surface area contributed by atoms with Gasteiger partial charge in [0.05, 0.1) is 29.7 Å². The van der Waals surface area contributed by atoms with E-state index < -0.39 is 34.2 Å². The second kappa shape index (κ2) is 4.65. The quantitative estimate of drug-likeness (QED) is 0.603. The maximum Gasteiger partial charge on any atom is 0.344 e. The first-order valence-electron chi connectivity index (χ1n) is 5.41. The molecule has 2 rings (SSSR count). The molecule has 2 N–H and O–H groups in total. The predicted octanol–water partition coefficient (Wildman–Crippen LogP) is 0.391. The number of hydrogen-bond donors (Lipinski definition) is 2. The minimum Gasteiger partial charge on any atom is -0.477 e. The maximum absolute atomic E-state index is 11.6. The van der Waals surface area contributed by atoms with Crippen LogP contribution in [0.2, 0.25) is 0 Å². The van der Waals surface area contributed by atoms with Gasteiger partial charge in [-0.15, -0.1) is 0 Å². The Bertz CT molecular complexity index is 570. The van der Waals surface area contributed by atoms with Crippen LogP contribution in [-0.4, -0.2) is 39.7 Å². The number of aliphatic hydroxyl groups excluding tert-OH is 1. The average Bonchev–Trinajstić information content (AvgIpc) is 2.67. The molecule has 0 aromatic heterocycles. The lowest BCUT2D eigenvalue weighted by molar-refractivity contribution is -0.385. The number of β-amino-alcohol motifs (C(OH)–C–C–N with tert-alkyl or cyclic N) is 1. The van der Waals surface area contributed by atoms with E-state index in [1.54, 1.807) is 0 Å². The number of carbonyl (C=O) groups excluding carboxylic acids is 1. The van der Waals surface area contributed by atoms with Gasteiger partial charge >= 0.3 is 5.97 Å². The van der Waals surface area contributed by atoms with E-state index in [0.29, 0.717) is 0 Å². The van der Waals surface area contributed by atoms with Gasteiger partial charge in [-0.1, -0.05) is 6.07 Å². The number of nitro groups is 1. The summed E-state index contributed by atoms with van der Waals surface area (Å²) >= 11 is 0. The zero-order valence-corrected chi connectivity index (χ0v) is 9.65. The molecule has 1 aliphatic heterocycles. The van der Waals surface area contributed by atoms with E-state index in [1.165, 1.54) is 12.1 Å². The van der Waals surface area contributed by atoms with Crippen molar-refractivity contribution in [1.82, 2.24) is 0 Å². The summed E-state index contributed by atoms with van der Waals surface area (Å²) < 4.78 is 0. The van der Waals surface area contributed by atoms with Crippen molar-refractivity contribution in [2.75, 3.05) is 11.4 Å². The third-order valence-electron chi connectivity index (χ3n) is 2.83. The van der Waals surface area contributed by atoms with Gasteiger partial charge in [-0.25, -0.2) is 4.79 Å². The number of aliphatic hydroxyl groups is 1. The van der Waals surface area contributed by atoms with Gasteiger partial charge in [-0.2, -0.15) is 0 Å². The summed E-state index contributed by atoms with van der Waals surface area (Å²) in [6.45, 7) is -0.0692. The Kier molecular flexibility index (Phi) is 3.17. The van der Waals surface area contributed by atoms with Crippen molar-refractivity contribution >= 4 is 23.3 Å². The number of aromatic carboxylic acids is 1. The molecule has 19 heavy (non-hydrogen) atoms. The molecule has 1 aliphatic rings. The molecule has 1 atom stereocenters. The van der Waals surface area contributed by atoms with Crippen LogP contribution in [0.3, 0.4) is 0 Å². The third-order valence-corrected chi connectivity index (χ3v) is 2.83. The number of benzene rings is 1. The molecule has 0 spiro atoms. The second-order valence-corrected chi connectivity index (χ2v) is 4.10. The van der Waals surface area contributed by atoms with Crippen molar-refractivity contribution in [3.05, 3.63) is 33.9 Å². The Morgan fingerprint density at radius 2 is 2.16 bits per heavy atom. The molecule has 8 nitrogen and oxygen atoms in total. The van der Waals surface area contributed by atoms with E-state index in [4.69, 9.17) is 5.11 Å². The molecule has 8 heteroatoms. The van der Waals surface area contributed by atoms with Crippen LogP contribution >= 0.6 is 0 Å². The zero-order valence-electron chi connectivity index (χ0n) is 9.65. The number of carboxylic acids is 1. The number of amides is 1. The number of hydrogen-bond acceptors (Lipinski definition) is 5. The number of nitrogens with zero attached hydrogens (tertiary/aromatic N) is 2. The highest BCUT2D eigenvalue weighted by Crippen LogP contribution is 2.31. The summed E-state index contributed by atoms with van der Waals surface area (Å²) in [5.41, 5.74) is -1.20. The van der Waals surface area contributed by atoms with Gasteiger partial charge < -0.3 is 15.1 Å². The zero-order chi connectivity index (χ0) is 14.2. The Morgan fingerprint density at radius 1 is 1.47 bits per heavy atom. The van der Waals surface area contributed by atoms with Crippen LogP contribution in [0, 0.1) is 10.1 Å². The molecular formula is C11H10N2O6. The Hall–Kier alpha value is -2.48.